The van der Waals surface area contributed by atoms with Crippen molar-refractivity contribution in [2.24, 2.45) is 5.92 Å². The van der Waals surface area contributed by atoms with Gasteiger partial charge in [0, 0.05) is 24.5 Å². The molecule has 5 atom stereocenters. The maximum absolute atomic E-state index is 12.4. The molecule has 5 unspecified atom stereocenters. The van der Waals surface area contributed by atoms with Crippen LogP contribution in [0.25, 0.3) is 0 Å². The van der Waals surface area contributed by atoms with Crippen LogP contribution < -0.4 is 0 Å². The molecule has 1 N–H and O–H groups in total. The summed E-state index contributed by atoms with van der Waals surface area (Å²) in [5.41, 5.74) is 1.75. The van der Waals surface area contributed by atoms with Crippen molar-refractivity contribution in [1.29, 1.82) is 0 Å². The molecule has 2 aliphatic rings. The molecule has 0 radical (unpaired) electrons. The lowest BCUT2D eigenvalue weighted by molar-refractivity contribution is -0.147. The number of carbonyl (C=O) groups is 3. The summed E-state index contributed by atoms with van der Waals surface area (Å²) in [6.07, 6.45) is 1.82. The molecule has 7 nitrogen and oxygen atoms in total. The van der Waals surface area contributed by atoms with E-state index in [2.05, 4.69) is 6.58 Å². The number of carbonyl (C=O) groups excluding carboxylic acids is 3. The highest BCUT2D eigenvalue weighted by Gasteiger charge is 2.44. The van der Waals surface area contributed by atoms with Crippen molar-refractivity contribution in [3.63, 3.8) is 0 Å². The Kier molecular flexibility index (Phi) is 7.19. The van der Waals surface area contributed by atoms with E-state index >= 15 is 0 Å². The summed E-state index contributed by atoms with van der Waals surface area (Å²) in [5, 5.41) is 10.6. The van der Waals surface area contributed by atoms with E-state index in [4.69, 9.17) is 14.2 Å². The van der Waals surface area contributed by atoms with Gasteiger partial charge >= 0.3 is 17.9 Å². The zero-order valence-corrected chi connectivity index (χ0v) is 17.4. The number of esters is 3. The first-order chi connectivity index (χ1) is 13.5. The SMILES string of the molecule is C=C1C(=O)OC2C=C(C)C(OC(C)=O)CC(O)C(C)=CC(OC(=O)C(C)=CC)C12. The Balaban J connectivity index is 2.52. The predicted octanol–water partition coefficient (Wildman–Crippen LogP) is 2.55. The van der Waals surface area contributed by atoms with E-state index in [1.165, 1.54) is 6.92 Å². The van der Waals surface area contributed by atoms with E-state index < -0.39 is 48.2 Å². The molecule has 0 aromatic heterocycles. The van der Waals surface area contributed by atoms with Gasteiger partial charge in [0.25, 0.3) is 0 Å². The average molecular weight is 404 g/mol. The number of hydrogen-bond acceptors (Lipinski definition) is 7. The summed E-state index contributed by atoms with van der Waals surface area (Å²) in [5.74, 6) is -2.25. The number of hydrogen-bond donors (Lipinski definition) is 1. The lowest BCUT2D eigenvalue weighted by Crippen LogP contribution is -2.34. The smallest absolute Gasteiger partial charge is 0.334 e. The van der Waals surface area contributed by atoms with Gasteiger partial charge in [0.1, 0.15) is 18.3 Å². The minimum absolute atomic E-state index is 0.130. The molecule has 0 aromatic rings. The molecule has 2 rings (SSSR count). The molecule has 0 bridgehead atoms. The van der Waals surface area contributed by atoms with Crippen molar-refractivity contribution in [1.82, 2.24) is 0 Å². The summed E-state index contributed by atoms with van der Waals surface area (Å²) >= 11 is 0. The molecule has 0 spiro atoms. The molecule has 1 aliphatic heterocycles. The summed E-state index contributed by atoms with van der Waals surface area (Å²) in [6, 6.07) is 0. The Morgan fingerprint density at radius 2 is 1.86 bits per heavy atom. The van der Waals surface area contributed by atoms with Crippen molar-refractivity contribution >= 4 is 17.9 Å². The van der Waals surface area contributed by atoms with E-state index in [-0.39, 0.29) is 12.0 Å². The highest BCUT2D eigenvalue weighted by molar-refractivity contribution is 5.92. The Labute approximate surface area is 170 Å². The van der Waals surface area contributed by atoms with Gasteiger partial charge in [-0.25, -0.2) is 9.59 Å². The van der Waals surface area contributed by atoms with Crippen LogP contribution >= 0.6 is 0 Å². The van der Waals surface area contributed by atoms with Gasteiger partial charge in [-0.2, -0.15) is 0 Å². The van der Waals surface area contributed by atoms with Crippen LogP contribution in [0, 0.1) is 5.92 Å². The number of fused-ring (bicyclic) bond motifs is 1. The summed E-state index contributed by atoms with van der Waals surface area (Å²) in [6.45, 7) is 11.9. The van der Waals surface area contributed by atoms with Crippen LogP contribution in [0.1, 0.15) is 41.0 Å². The average Bonchev–Trinajstić information content (AvgIpc) is 2.92. The van der Waals surface area contributed by atoms with Crippen molar-refractivity contribution < 1.29 is 33.7 Å². The first-order valence-electron chi connectivity index (χ1n) is 9.50. The fraction of sp³-hybridized carbons (Fsp3) is 0.500. The van der Waals surface area contributed by atoms with Crippen LogP contribution in [-0.4, -0.2) is 47.4 Å². The maximum Gasteiger partial charge on any atom is 0.334 e. The quantitative estimate of drug-likeness (QED) is 0.334. The molecule has 158 valence electrons. The molecule has 1 fully saturated rings. The molecule has 1 aliphatic carbocycles. The van der Waals surface area contributed by atoms with E-state index in [1.54, 1.807) is 45.9 Å². The van der Waals surface area contributed by atoms with Gasteiger partial charge in [-0.05, 0) is 51.0 Å². The second-order valence-electron chi connectivity index (χ2n) is 7.43. The fourth-order valence-corrected chi connectivity index (χ4v) is 3.33. The van der Waals surface area contributed by atoms with E-state index in [0.717, 1.165) is 0 Å². The standard InChI is InChI=1S/C22H28O7/c1-7-11(2)21(25)28-18-8-12(3)16(24)10-17(27-15(6)23)13(4)9-19-20(18)14(5)22(26)29-19/h7-9,16-20,24H,5,10H2,1-4,6H3. The number of allylic oxidation sites excluding steroid dienone is 1. The van der Waals surface area contributed by atoms with E-state index in [9.17, 15) is 19.5 Å². The highest BCUT2D eigenvalue weighted by atomic mass is 16.6. The van der Waals surface area contributed by atoms with Crippen LogP contribution in [0.15, 0.2) is 47.1 Å². The zero-order valence-electron chi connectivity index (χ0n) is 17.4. The molecule has 29 heavy (non-hydrogen) atoms. The topological polar surface area (TPSA) is 99.1 Å². The second kappa shape index (κ2) is 9.22. The van der Waals surface area contributed by atoms with Crippen molar-refractivity contribution in [2.75, 3.05) is 0 Å². The van der Waals surface area contributed by atoms with Gasteiger partial charge in [0.05, 0.1) is 12.0 Å². The van der Waals surface area contributed by atoms with Crippen LogP contribution in [0.2, 0.25) is 0 Å². The minimum atomic E-state index is -0.936. The number of rotatable bonds is 3. The fourth-order valence-electron chi connectivity index (χ4n) is 3.33. The van der Waals surface area contributed by atoms with Crippen molar-refractivity contribution in [3.05, 3.63) is 47.1 Å². The molecule has 1 heterocycles. The third-order valence-corrected chi connectivity index (χ3v) is 5.25. The van der Waals surface area contributed by atoms with Crippen molar-refractivity contribution in [3.8, 4) is 0 Å². The van der Waals surface area contributed by atoms with Crippen LogP contribution in [0.3, 0.4) is 0 Å². The number of aliphatic hydroxyl groups excluding tert-OH is 1. The first kappa shape index (κ1) is 22.6. The normalized spacial score (nSPS) is 30.6. The minimum Gasteiger partial charge on any atom is -0.458 e. The number of ether oxygens (including phenoxy) is 3. The highest BCUT2D eigenvalue weighted by Crippen LogP contribution is 2.36. The molecule has 1 saturated heterocycles. The Bertz CT molecular complexity index is 802. The molecule has 7 heteroatoms. The first-order valence-corrected chi connectivity index (χ1v) is 9.50. The Morgan fingerprint density at radius 3 is 2.45 bits per heavy atom. The summed E-state index contributed by atoms with van der Waals surface area (Å²) in [7, 11) is 0. The maximum atomic E-state index is 12.4. The zero-order chi connectivity index (χ0) is 21.9. The monoisotopic (exact) mass is 404 g/mol. The van der Waals surface area contributed by atoms with E-state index in [0.29, 0.717) is 16.7 Å². The largest absolute Gasteiger partial charge is 0.458 e. The van der Waals surface area contributed by atoms with Crippen LogP contribution in [-0.2, 0) is 28.6 Å². The molecule has 0 saturated carbocycles. The molecular weight excluding hydrogens is 376 g/mol. The lowest BCUT2D eigenvalue weighted by atomic mass is 9.85. The number of aliphatic hydroxyl groups is 1. The van der Waals surface area contributed by atoms with E-state index in [1.807, 2.05) is 0 Å². The predicted molar refractivity (Wildman–Crippen MR) is 106 cm³/mol. The van der Waals surface area contributed by atoms with Crippen molar-refractivity contribution in [2.45, 2.75) is 65.5 Å². The van der Waals surface area contributed by atoms with Gasteiger partial charge in [-0.3, -0.25) is 4.79 Å². The van der Waals surface area contributed by atoms with Gasteiger partial charge in [-0.1, -0.05) is 12.7 Å². The van der Waals surface area contributed by atoms with Gasteiger partial charge < -0.3 is 19.3 Å². The van der Waals surface area contributed by atoms with Gasteiger partial charge in [0.15, 0.2) is 0 Å². The van der Waals surface area contributed by atoms with Gasteiger partial charge in [-0.15, -0.1) is 0 Å². The van der Waals surface area contributed by atoms with Gasteiger partial charge in [0.2, 0.25) is 0 Å². The lowest BCUT2D eigenvalue weighted by Gasteiger charge is -2.29. The molecular formula is C22H28O7. The summed E-state index contributed by atoms with van der Waals surface area (Å²) in [4.78, 5) is 36.1. The molecule has 0 amide bonds. The third-order valence-electron chi connectivity index (χ3n) is 5.25. The second-order valence-corrected chi connectivity index (χ2v) is 7.43. The summed E-state index contributed by atoms with van der Waals surface area (Å²) < 4.78 is 16.4. The Hall–Kier alpha value is -2.67. The Morgan fingerprint density at radius 1 is 1.21 bits per heavy atom. The molecule has 0 aromatic carbocycles. The third kappa shape index (κ3) is 5.23. The van der Waals surface area contributed by atoms with Crippen LogP contribution in [0.5, 0.6) is 0 Å². The van der Waals surface area contributed by atoms with Crippen LogP contribution in [0.4, 0.5) is 0 Å².